The van der Waals surface area contributed by atoms with E-state index in [0.717, 1.165) is 30.7 Å². The molecule has 2 atom stereocenters. The Morgan fingerprint density at radius 1 is 1.00 bits per heavy atom. The fourth-order valence-corrected chi connectivity index (χ4v) is 5.38. The molecule has 0 saturated carbocycles. The Labute approximate surface area is 263 Å². The minimum absolute atomic E-state index is 0. The second-order valence-corrected chi connectivity index (χ2v) is 10.6. The lowest BCUT2D eigenvalue weighted by atomic mass is 9.85. The van der Waals surface area contributed by atoms with Crippen LogP contribution in [0.1, 0.15) is 34.8 Å². The smallest absolute Gasteiger partial charge is 0.416 e. The molecule has 8 nitrogen and oxygen atoms in total. The van der Waals surface area contributed by atoms with Gasteiger partial charge < -0.3 is 35.2 Å². The molecule has 0 fully saturated rings. The van der Waals surface area contributed by atoms with Gasteiger partial charge in [-0.15, -0.1) is 12.4 Å². The number of hydrogen-bond acceptors (Lipinski definition) is 8. The topological polar surface area (TPSA) is 128 Å². The van der Waals surface area contributed by atoms with Crippen LogP contribution in [0.2, 0.25) is 0 Å². The third kappa shape index (κ3) is 6.95. The Morgan fingerprint density at radius 3 is 2.31 bits per heavy atom. The Kier molecular flexibility index (Phi) is 9.86. The molecular formula is C33H31ClF3NO7. The van der Waals surface area contributed by atoms with Crippen molar-refractivity contribution in [1.29, 1.82) is 0 Å². The summed E-state index contributed by atoms with van der Waals surface area (Å²) in [6.07, 6.45) is -0.911. The second-order valence-electron chi connectivity index (χ2n) is 10.6. The number of carbonyl (C=O) groups excluding carboxylic acids is 1. The van der Waals surface area contributed by atoms with E-state index in [0.29, 0.717) is 28.0 Å². The Balaban J connectivity index is 0.000000200. The standard InChI is InChI=1S/C17H18F3NO.C16H12O6.ClH/c1-21-12-11-16(13-5-3-2-4-6-13)22-15-9-7-14(8-10-15)17(18,19)20;17-10-2-1-8-13-9-4-12(19)11(18)3-7(9)5-16(13,21)6-22-15(8)14(10)20;/h2-10,16,21H,11-12H2,1H3;1-4,18-21H,5-6H2;1H. The number of aliphatic hydroxyl groups excluding tert-OH is 1. The van der Waals surface area contributed by atoms with Crippen molar-refractivity contribution >= 4 is 23.8 Å². The maximum atomic E-state index is 12.6. The van der Waals surface area contributed by atoms with E-state index in [1.165, 1.54) is 36.4 Å². The number of aromatic hydroxyl groups is 2. The number of benzene rings is 3. The van der Waals surface area contributed by atoms with E-state index >= 15 is 0 Å². The van der Waals surface area contributed by atoms with Crippen LogP contribution in [0.3, 0.4) is 0 Å². The molecule has 12 heteroatoms. The highest BCUT2D eigenvalue weighted by molar-refractivity contribution is 6.06. The van der Waals surface area contributed by atoms with Crippen LogP contribution in [0.25, 0.3) is 5.57 Å². The number of aliphatic hydroxyl groups is 2. The average molecular weight is 646 g/mol. The molecule has 3 aromatic carbocycles. The molecular weight excluding hydrogens is 615 g/mol. The zero-order valence-corrected chi connectivity index (χ0v) is 24.8. The monoisotopic (exact) mass is 645 g/mol. The number of nitrogens with one attached hydrogen (secondary N) is 1. The van der Waals surface area contributed by atoms with Crippen molar-refractivity contribution < 1.29 is 47.9 Å². The Morgan fingerprint density at radius 2 is 1.67 bits per heavy atom. The first-order valence-electron chi connectivity index (χ1n) is 13.8. The van der Waals surface area contributed by atoms with Crippen molar-refractivity contribution in [2.75, 3.05) is 20.2 Å². The molecule has 1 aliphatic heterocycles. The third-order valence-corrected chi connectivity index (χ3v) is 7.52. The molecule has 0 aromatic heterocycles. The second kappa shape index (κ2) is 13.3. The van der Waals surface area contributed by atoms with Crippen LogP contribution in [0, 0.1) is 0 Å². The van der Waals surface area contributed by atoms with E-state index in [1.54, 1.807) is 0 Å². The number of alkyl halides is 3. The summed E-state index contributed by atoms with van der Waals surface area (Å²) in [5.41, 5.74) is 1.12. The predicted octanol–water partition coefficient (Wildman–Crippen LogP) is 5.93. The van der Waals surface area contributed by atoms with Gasteiger partial charge >= 0.3 is 6.18 Å². The number of ketones is 1. The van der Waals surface area contributed by atoms with Gasteiger partial charge in [-0.2, -0.15) is 13.2 Å². The number of allylic oxidation sites excluding steroid dienone is 2. The van der Waals surface area contributed by atoms with Gasteiger partial charge in [0.1, 0.15) is 24.1 Å². The lowest BCUT2D eigenvalue weighted by Crippen LogP contribution is -2.39. The van der Waals surface area contributed by atoms with Crippen molar-refractivity contribution in [1.82, 2.24) is 5.32 Å². The maximum absolute atomic E-state index is 12.6. The number of halogens is 4. The van der Waals surface area contributed by atoms with Gasteiger partial charge in [-0.1, -0.05) is 30.3 Å². The van der Waals surface area contributed by atoms with Gasteiger partial charge in [-0.25, -0.2) is 0 Å². The van der Waals surface area contributed by atoms with Crippen LogP contribution in [0.15, 0.2) is 96.0 Å². The molecule has 5 N–H and O–H groups in total. The van der Waals surface area contributed by atoms with Gasteiger partial charge in [0.25, 0.3) is 0 Å². The zero-order chi connectivity index (χ0) is 31.6. The SMILES string of the molecule is CNCCC(Oc1ccc(C(F)(F)F)cc1)c1ccccc1.Cl.O=C1C=CC2=C3c4cc(O)c(O)cc4CC3(O)COC2=C1O. The normalized spacial score (nSPS) is 18.9. The summed E-state index contributed by atoms with van der Waals surface area (Å²) in [7, 11) is 1.85. The van der Waals surface area contributed by atoms with Crippen LogP contribution < -0.4 is 10.1 Å². The highest BCUT2D eigenvalue weighted by Gasteiger charge is 2.48. The van der Waals surface area contributed by atoms with Crippen molar-refractivity contribution in [3.8, 4) is 17.2 Å². The number of phenolic OH excluding ortho intramolecular Hbond substituents is 2. The summed E-state index contributed by atoms with van der Waals surface area (Å²) in [6.45, 7) is 0.628. The zero-order valence-electron chi connectivity index (χ0n) is 24.0. The highest BCUT2D eigenvalue weighted by Crippen LogP contribution is 2.50. The number of rotatable bonds is 6. The summed E-state index contributed by atoms with van der Waals surface area (Å²) in [4.78, 5) is 11.5. The van der Waals surface area contributed by atoms with Gasteiger partial charge in [-0.05, 0) is 78.8 Å². The number of fused-ring (bicyclic) bond motifs is 4. The first-order valence-corrected chi connectivity index (χ1v) is 13.8. The summed E-state index contributed by atoms with van der Waals surface area (Å²) in [6, 6.07) is 17.2. The van der Waals surface area contributed by atoms with Gasteiger partial charge in [0.05, 0.1) is 5.56 Å². The molecule has 0 bridgehead atoms. The van der Waals surface area contributed by atoms with Crippen LogP contribution in [-0.2, 0) is 22.1 Å². The van der Waals surface area contributed by atoms with Gasteiger partial charge in [-0.3, -0.25) is 4.79 Å². The van der Waals surface area contributed by atoms with Crippen molar-refractivity contribution in [2.45, 2.75) is 30.7 Å². The van der Waals surface area contributed by atoms with E-state index in [4.69, 9.17) is 9.47 Å². The molecule has 0 amide bonds. The lowest BCUT2D eigenvalue weighted by molar-refractivity contribution is -0.137. The summed E-state index contributed by atoms with van der Waals surface area (Å²) in [5.74, 6) is -1.15. The van der Waals surface area contributed by atoms with E-state index in [2.05, 4.69) is 5.32 Å². The molecule has 3 aromatic rings. The van der Waals surface area contributed by atoms with E-state index < -0.39 is 28.9 Å². The number of carbonyl (C=O) groups is 1. The largest absolute Gasteiger partial charge is 0.504 e. The Hall–Kier alpha value is -4.45. The molecule has 45 heavy (non-hydrogen) atoms. The van der Waals surface area contributed by atoms with E-state index in [9.17, 15) is 38.4 Å². The number of hydrogen-bond donors (Lipinski definition) is 5. The molecule has 0 saturated heterocycles. The molecule has 0 spiro atoms. The van der Waals surface area contributed by atoms with Gasteiger partial charge in [0.2, 0.25) is 11.5 Å². The maximum Gasteiger partial charge on any atom is 0.416 e. The third-order valence-electron chi connectivity index (χ3n) is 7.52. The summed E-state index contributed by atoms with van der Waals surface area (Å²) < 4.78 is 49.0. The van der Waals surface area contributed by atoms with Crippen molar-refractivity contribution in [3.63, 3.8) is 0 Å². The Bertz CT molecular complexity index is 1650. The van der Waals surface area contributed by atoms with Gasteiger partial charge in [0.15, 0.2) is 17.3 Å². The minimum Gasteiger partial charge on any atom is -0.504 e. The first-order chi connectivity index (χ1) is 20.9. The average Bonchev–Trinajstić information content (AvgIpc) is 3.29. The lowest BCUT2D eigenvalue weighted by Gasteiger charge is -2.33. The quantitative estimate of drug-likeness (QED) is 0.209. The molecule has 6 rings (SSSR count). The van der Waals surface area contributed by atoms with Crippen molar-refractivity contribution in [3.05, 3.63) is 118 Å². The van der Waals surface area contributed by atoms with Crippen LogP contribution in [0.4, 0.5) is 13.2 Å². The minimum atomic E-state index is -4.33. The van der Waals surface area contributed by atoms with Crippen molar-refractivity contribution in [2.24, 2.45) is 0 Å². The van der Waals surface area contributed by atoms with Crippen LogP contribution in [0.5, 0.6) is 17.2 Å². The van der Waals surface area contributed by atoms with Crippen LogP contribution >= 0.6 is 12.4 Å². The summed E-state index contributed by atoms with van der Waals surface area (Å²) >= 11 is 0. The molecule has 0 radical (unpaired) electrons. The van der Waals surface area contributed by atoms with E-state index in [1.807, 2.05) is 37.4 Å². The number of phenols is 2. The molecule has 238 valence electrons. The molecule has 2 unspecified atom stereocenters. The van der Waals surface area contributed by atoms with E-state index in [-0.39, 0.29) is 48.8 Å². The molecule has 1 heterocycles. The number of ether oxygens (including phenoxy) is 2. The van der Waals surface area contributed by atoms with Gasteiger partial charge in [0, 0.05) is 24.0 Å². The van der Waals surface area contributed by atoms with Crippen LogP contribution in [-0.4, -0.2) is 52.0 Å². The fourth-order valence-electron chi connectivity index (χ4n) is 5.38. The highest BCUT2D eigenvalue weighted by atomic mass is 35.5. The fraction of sp³-hybridized carbons (Fsp3) is 0.242. The summed E-state index contributed by atoms with van der Waals surface area (Å²) in [5, 5.41) is 43.1. The molecule has 3 aliphatic rings. The molecule has 2 aliphatic carbocycles. The first kappa shape index (κ1) is 33.4. The predicted molar refractivity (Wildman–Crippen MR) is 162 cm³/mol.